The highest BCUT2D eigenvalue weighted by atomic mass is 35.5. The van der Waals surface area contributed by atoms with Crippen LogP contribution in [0.1, 0.15) is 23.4 Å². The van der Waals surface area contributed by atoms with Crippen LogP contribution in [-0.4, -0.2) is 19.6 Å². The Hall–Kier alpha value is -1.06. The number of hydrogen-bond donors (Lipinski definition) is 1. The van der Waals surface area contributed by atoms with Crippen LogP contribution in [0.3, 0.4) is 0 Å². The van der Waals surface area contributed by atoms with Crippen LogP contribution in [0.4, 0.5) is 0 Å². The number of alkyl halides is 1. The van der Waals surface area contributed by atoms with Gasteiger partial charge in [0.25, 0.3) is 0 Å². The highest BCUT2D eigenvalue weighted by Gasteiger charge is 2.16. The molecule has 0 fully saturated rings. The van der Waals surface area contributed by atoms with E-state index in [1.165, 1.54) is 0 Å². The second-order valence-corrected chi connectivity index (χ2v) is 3.87. The summed E-state index contributed by atoms with van der Waals surface area (Å²) in [5.74, 6) is -0.168. The number of carbonyl (C=O) groups excluding carboxylic acids is 1. The molecule has 1 atom stereocenters. The molecule has 4 heteroatoms. The number of carbonyl (C=O) groups is 1. The lowest BCUT2D eigenvalue weighted by atomic mass is 10.1. The van der Waals surface area contributed by atoms with E-state index in [1.807, 2.05) is 31.2 Å². The van der Waals surface area contributed by atoms with E-state index in [2.05, 4.69) is 5.32 Å². The quantitative estimate of drug-likeness (QED) is 0.803. The van der Waals surface area contributed by atoms with E-state index < -0.39 is 5.38 Å². The predicted octanol–water partition coefficient (Wildman–Crippen LogP) is 2.25. The lowest BCUT2D eigenvalue weighted by Crippen LogP contribution is -2.26. The molecular weight excluding hydrogens is 226 g/mol. The van der Waals surface area contributed by atoms with Crippen molar-refractivity contribution in [2.45, 2.75) is 18.9 Å². The molecule has 0 heterocycles. The number of amides is 1. The first-order valence-corrected chi connectivity index (χ1v) is 5.62. The van der Waals surface area contributed by atoms with Gasteiger partial charge in [-0.2, -0.15) is 0 Å². The maximum Gasteiger partial charge on any atom is 0.242 e. The molecule has 0 aliphatic carbocycles. The average Bonchev–Trinajstić information content (AvgIpc) is 2.29. The Morgan fingerprint density at radius 3 is 2.94 bits per heavy atom. The summed E-state index contributed by atoms with van der Waals surface area (Å²) in [6, 6.07) is 7.54. The molecule has 0 radical (unpaired) electrons. The van der Waals surface area contributed by atoms with Crippen LogP contribution in [0.25, 0.3) is 0 Å². The highest BCUT2D eigenvalue weighted by Crippen LogP contribution is 2.21. The van der Waals surface area contributed by atoms with Crippen molar-refractivity contribution in [3.63, 3.8) is 0 Å². The second kappa shape index (κ2) is 6.51. The molecule has 0 saturated carbocycles. The molecule has 88 valence electrons. The van der Waals surface area contributed by atoms with Crippen molar-refractivity contribution in [1.82, 2.24) is 5.32 Å². The third-order valence-corrected chi connectivity index (χ3v) is 2.59. The molecule has 0 bridgehead atoms. The first-order valence-electron chi connectivity index (χ1n) is 5.18. The molecule has 0 aliphatic heterocycles. The third-order valence-electron chi connectivity index (χ3n) is 2.14. The number of nitrogens with one attached hydrogen (secondary N) is 1. The van der Waals surface area contributed by atoms with Crippen molar-refractivity contribution in [2.24, 2.45) is 0 Å². The highest BCUT2D eigenvalue weighted by molar-refractivity contribution is 6.30. The first kappa shape index (κ1) is 13.0. The molecule has 1 N–H and O–H groups in total. The third kappa shape index (κ3) is 3.51. The summed E-state index contributed by atoms with van der Waals surface area (Å²) in [5, 5.41) is 2.05. The van der Waals surface area contributed by atoms with Crippen LogP contribution in [0.15, 0.2) is 24.3 Å². The van der Waals surface area contributed by atoms with Crippen molar-refractivity contribution in [2.75, 3.05) is 13.7 Å². The largest absolute Gasteiger partial charge is 0.380 e. The molecule has 3 nitrogen and oxygen atoms in total. The van der Waals surface area contributed by atoms with Crippen molar-refractivity contribution in [1.29, 1.82) is 0 Å². The standard InChI is InChI=1S/C12H16ClNO2/c1-3-14-12(15)11(13)10-6-4-5-9(7-10)8-16-2/h4-7,11H,3,8H2,1-2H3,(H,14,15). The van der Waals surface area contributed by atoms with E-state index in [1.54, 1.807) is 7.11 Å². The fourth-order valence-electron chi connectivity index (χ4n) is 1.42. The number of likely N-dealkylation sites (N-methyl/N-ethyl adjacent to an activating group) is 1. The summed E-state index contributed by atoms with van der Waals surface area (Å²) in [7, 11) is 1.63. The van der Waals surface area contributed by atoms with Crippen molar-refractivity contribution in [3.8, 4) is 0 Å². The Labute approximate surface area is 101 Å². The summed E-state index contributed by atoms with van der Waals surface area (Å²) in [6.45, 7) is 2.97. The topological polar surface area (TPSA) is 38.3 Å². The van der Waals surface area contributed by atoms with E-state index >= 15 is 0 Å². The molecule has 1 amide bonds. The predicted molar refractivity (Wildman–Crippen MR) is 64.4 cm³/mol. The lowest BCUT2D eigenvalue weighted by Gasteiger charge is -2.10. The van der Waals surface area contributed by atoms with E-state index in [0.717, 1.165) is 11.1 Å². The van der Waals surface area contributed by atoms with E-state index in [0.29, 0.717) is 13.2 Å². The molecular formula is C12H16ClNO2. The van der Waals surface area contributed by atoms with Crippen molar-refractivity contribution >= 4 is 17.5 Å². The van der Waals surface area contributed by atoms with Gasteiger partial charge in [0.05, 0.1) is 6.61 Å². The van der Waals surface area contributed by atoms with Gasteiger partial charge in [0.1, 0.15) is 5.38 Å². The number of rotatable bonds is 5. The van der Waals surface area contributed by atoms with Crippen LogP contribution in [0.5, 0.6) is 0 Å². The van der Waals surface area contributed by atoms with Gasteiger partial charge in [-0.3, -0.25) is 4.79 Å². The van der Waals surface area contributed by atoms with Crippen LogP contribution < -0.4 is 5.32 Å². The summed E-state index contributed by atoms with van der Waals surface area (Å²) >= 11 is 6.05. The normalized spacial score (nSPS) is 12.2. The SMILES string of the molecule is CCNC(=O)C(Cl)c1cccc(COC)c1. The van der Waals surface area contributed by atoms with Crippen LogP contribution in [0.2, 0.25) is 0 Å². The fourth-order valence-corrected chi connectivity index (χ4v) is 1.64. The zero-order valence-electron chi connectivity index (χ0n) is 9.50. The number of benzene rings is 1. The Kier molecular flexibility index (Phi) is 5.29. The zero-order chi connectivity index (χ0) is 12.0. The van der Waals surface area contributed by atoms with Crippen LogP contribution >= 0.6 is 11.6 Å². The lowest BCUT2D eigenvalue weighted by molar-refractivity contribution is -0.120. The smallest absolute Gasteiger partial charge is 0.242 e. The molecule has 0 aliphatic rings. The first-order chi connectivity index (χ1) is 7.69. The Morgan fingerprint density at radius 1 is 1.56 bits per heavy atom. The number of methoxy groups -OCH3 is 1. The second-order valence-electron chi connectivity index (χ2n) is 3.44. The minimum Gasteiger partial charge on any atom is -0.380 e. The Morgan fingerprint density at radius 2 is 2.31 bits per heavy atom. The van der Waals surface area contributed by atoms with Crippen LogP contribution in [-0.2, 0) is 16.1 Å². The molecule has 0 spiro atoms. The van der Waals surface area contributed by atoms with Gasteiger partial charge in [0, 0.05) is 13.7 Å². The molecule has 0 aromatic heterocycles. The Balaban J connectivity index is 2.78. The molecule has 0 saturated heterocycles. The van der Waals surface area contributed by atoms with Gasteiger partial charge in [0.15, 0.2) is 0 Å². The minimum absolute atomic E-state index is 0.168. The summed E-state index contributed by atoms with van der Waals surface area (Å²) in [5.41, 5.74) is 1.80. The molecule has 1 unspecified atom stereocenters. The Bertz CT molecular complexity index is 355. The van der Waals surface area contributed by atoms with Gasteiger partial charge in [-0.25, -0.2) is 0 Å². The van der Waals surface area contributed by atoms with E-state index in [-0.39, 0.29) is 5.91 Å². The van der Waals surface area contributed by atoms with Gasteiger partial charge in [-0.05, 0) is 18.1 Å². The van der Waals surface area contributed by atoms with Gasteiger partial charge >= 0.3 is 0 Å². The number of ether oxygens (including phenoxy) is 1. The number of halogens is 1. The van der Waals surface area contributed by atoms with E-state index in [9.17, 15) is 4.79 Å². The molecule has 1 aromatic carbocycles. The summed E-state index contributed by atoms with van der Waals surface area (Å²) in [6.07, 6.45) is 0. The molecule has 16 heavy (non-hydrogen) atoms. The summed E-state index contributed by atoms with van der Waals surface area (Å²) < 4.78 is 5.03. The van der Waals surface area contributed by atoms with Crippen molar-refractivity contribution in [3.05, 3.63) is 35.4 Å². The van der Waals surface area contributed by atoms with Gasteiger partial charge in [-0.15, -0.1) is 11.6 Å². The van der Waals surface area contributed by atoms with Gasteiger partial charge in [0.2, 0.25) is 5.91 Å². The van der Waals surface area contributed by atoms with Crippen LogP contribution in [0, 0.1) is 0 Å². The average molecular weight is 242 g/mol. The van der Waals surface area contributed by atoms with Gasteiger partial charge < -0.3 is 10.1 Å². The van der Waals surface area contributed by atoms with Gasteiger partial charge in [-0.1, -0.05) is 24.3 Å². The van der Waals surface area contributed by atoms with Crippen molar-refractivity contribution < 1.29 is 9.53 Å². The molecule has 1 aromatic rings. The molecule has 1 rings (SSSR count). The summed E-state index contributed by atoms with van der Waals surface area (Å²) in [4.78, 5) is 11.5. The maximum atomic E-state index is 11.5. The fraction of sp³-hybridized carbons (Fsp3) is 0.417. The minimum atomic E-state index is -0.642. The van der Waals surface area contributed by atoms with E-state index in [4.69, 9.17) is 16.3 Å². The number of hydrogen-bond acceptors (Lipinski definition) is 2. The monoisotopic (exact) mass is 241 g/mol. The zero-order valence-corrected chi connectivity index (χ0v) is 10.3. The maximum absolute atomic E-state index is 11.5.